The number of hydrogen-bond acceptors (Lipinski definition) is 4. The Labute approximate surface area is 87.7 Å². The van der Waals surface area contributed by atoms with Crippen LogP contribution in [0.2, 0.25) is 0 Å². The first-order valence-corrected chi connectivity index (χ1v) is 5.10. The average Bonchev–Trinajstić information content (AvgIpc) is 2.64. The fourth-order valence-corrected chi connectivity index (χ4v) is 1.81. The second-order valence-corrected chi connectivity index (χ2v) is 3.77. The van der Waals surface area contributed by atoms with Crippen LogP contribution >= 0.6 is 0 Å². The fourth-order valence-electron chi connectivity index (χ4n) is 1.81. The van der Waals surface area contributed by atoms with E-state index in [1.54, 1.807) is 6.92 Å². The molecule has 1 fully saturated rings. The molecule has 0 radical (unpaired) electrons. The van der Waals surface area contributed by atoms with E-state index in [1.807, 2.05) is 0 Å². The van der Waals surface area contributed by atoms with Crippen LogP contribution in [0.1, 0.15) is 35.4 Å². The van der Waals surface area contributed by atoms with E-state index in [9.17, 15) is 9.90 Å². The molecular weight excluding hydrogens is 196 g/mol. The lowest BCUT2D eigenvalue weighted by Gasteiger charge is -2.31. The summed E-state index contributed by atoms with van der Waals surface area (Å²) in [6, 6.07) is 0. The quantitative estimate of drug-likeness (QED) is 0.748. The molecule has 1 N–H and O–H groups in total. The van der Waals surface area contributed by atoms with Crippen molar-refractivity contribution in [2.45, 2.75) is 32.4 Å². The molecule has 0 spiro atoms. The summed E-state index contributed by atoms with van der Waals surface area (Å²) in [6.07, 6.45) is 3.29. The summed E-state index contributed by atoms with van der Waals surface area (Å²) in [4.78, 5) is 13.4. The summed E-state index contributed by atoms with van der Waals surface area (Å²) in [5.41, 5.74) is 0.441. The third-order valence-electron chi connectivity index (χ3n) is 2.71. The van der Waals surface area contributed by atoms with Gasteiger partial charge in [-0.1, -0.05) is 5.16 Å². The number of carbonyl (C=O) groups is 1. The highest BCUT2D eigenvalue weighted by Crippen LogP contribution is 2.19. The molecule has 5 heteroatoms. The second kappa shape index (κ2) is 4.02. The van der Waals surface area contributed by atoms with E-state index < -0.39 is 6.23 Å². The highest BCUT2D eigenvalue weighted by molar-refractivity contribution is 5.94. The molecule has 2 heterocycles. The lowest BCUT2D eigenvalue weighted by atomic mass is 10.1. The first-order valence-electron chi connectivity index (χ1n) is 5.10. The van der Waals surface area contributed by atoms with Crippen LogP contribution in [0, 0.1) is 6.92 Å². The van der Waals surface area contributed by atoms with Crippen molar-refractivity contribution >= 4 is 5.91 Å². The van der Waals surface area contributed by atoms with Crippen molar-refractivity contribution in [2.75, 3.05) is 6.54 Å². The summed E-state index contributed by atoms with van der Waals surface area (Å²) in [6.45, 7) is 2.29. The standard InChI is InChI=1S/C10H14N2O3/c1-7-8(6-11-15-7)10(14)12-5-3-2-4-9(12)13/h6,9,13H,2-5H2,1H3. The summed E-state index contributed by atoms with van der Waals surface area (Å²) >= 11 is 0. The SMILES string of the molecule is Cc1oncc1C(=O)N1CCCCC1O. The maximum absolute atomic E-state index is 12.0. The number of rotatable bonds is 1. The summed E-state index contributed by atoms with van der Waals surface area (Å²) in [5, 5.41) is 13.2. The third-order valence-corrected chi connectivity index (χ3v) is 2.71. The number of aliphatic hydroxyl groups is 1. The lowest BCUT2D eigenvalue weighted by molar-refractivity contribution is -0.0121. The first-order chi connectivity index (χ1) is 7.20. The molecule has 0 aromatic carbocycles. The van der Waals surface area contributed by atoms with Crippen LogP contribution in [-0.4, -0.2) is 33.8 Å². The van der Waals surface area contributed by atoms with Crippen LogP contribution in [0.3, 0.4) is 0 Å². The molecule has 1 unspecified atom stereocenters. The Balaban J connectivity index is 2.17. The number of aromatic nitrogens is 1. The number of aliphatic hydroxyl groups excluding tert-OH is 1. The van der Waals surface area contributed by atoms with Gasteiger partial charge in [-0.2, -0.15) is 0 Å². The van der Waals surface area contributed by atoms with Gasteiger partial charge >= 0.3 is 0 Å². The molecule has 15 heavy (non-hydrogen) atoms. The fraction of sp³-hybridized carbons (Fsp3) is 0.600. The van der Waals surface area contributed by atoms with E-state index >= 15 is 0 Å². The van der Waals surface area contributed by atoms with Gasteiger partial charge in [-0.25, -0.2) is 0 Å². The van der Waals surface area contributed by atoms with Crippen molar-refractivity contribution in [3.63, 3.8) is 0 Å². The molecule has 5 nitrogen and oxygen atoms in total. The maximum atomic E-state index is 12.0. The molecule has 82 valence electrons. The van der Waals surface area contributed by atoms with Gasteiger partial charge in [-0.15, -0.1) is 0 Å². The molecule has 0 bridgehead atoms. The van der Waals surface area contributed by atoms with Gasteiger partial charge in [0.1, 0.15) is 17.6 Å². The Hall–Kier alpha value is -1.36. The highest BCUT2D eigenvalue weighted by Gasteiger charge is 2.27. The van der Waals surface area contributed by atoms with Gasteiger partial charge in [0.25, 0.3) is 5.91 Å². The molecule has 1 aliphatic rings. The molecule has 1 aromatic rings. The zero-order chi connectivity index (χ0) is 10.8. The Morgan fingerprint density at radius 1 is 1.67 bits per heavy atom. The molecule has 0 saturated carbocycles. The van der Waals surface area contributed by atoms with Gasteiger partial charge in [-0.05, 0) is 26.2 Å². The number of aryl methyl sites for hydroxylation is 1. The van der Waals surface area contributed by atoms with Crippen molar-refractivity contribution in [1.82, 2.24) is 10.1 Å². The van der Waals surface area contributed by atoms with Gasteiger partial charge in [0.15, 0.2) is 0 Å². The topological polar surface area (TPSA) is 66.6 Å². The monoisotopic (exact) mass is 210 g/mol. The van der Waals surface area contributed by atoms with E-state index in [0.29, 0.717) is 24.3 Å². The molecule has 1 amide bonds. The van der Waals surface area contributed by atoms with Crippen molar-refractivity contribution in [3.05, 3.63) is 17.5 Å². The first kappa shape index (κ1) is 10.2. The molecule has 0 aliphatic carbocycles. The zero-order valence-corrected chi connectivity index (χ0v) is 8.64. The van der Waals surface area contributed by atoms with Gasteiger partial charge in [0.2, 0.25) is 0 Å². The van der Waals surface area contributed by atoms with Crippen LogP contribution in [0.5, 0.6) is 0 Å². The highest BCUT2D eigenvalue weighted by atomic mass is 16.5. The van der Waals surface area contributed by atoms with E-state index in [1.165, 1.54) is 11.1 Å². The summed E-state index contributed by atoms with van der Waals surface area (Å²) < 4.78 is 4.83. The number of carbonyl (C=O) groups excluding carboxylic acids is 1. The van der Waals surface area contributed by atoms with E-state index in [-0.39, 0.29) is 5.91 Å². The number of likely N-dealkylation sites (tertiary alicyclic amines) is 1. The third kappa shape index (κ3) is 1.87. The van der Waals surface area contributed by atoms with Crippen LogP contribution < -0.4 is 0 Å². The van der Waals surface area contributed by atoms with Crippen LogP contribution in [-0.2, 0) is 0 Å². The molecule has 2 rings (SSSR count). The maximum Gasteiger partial charge on any atom is 0.261 e. The molecule has 1 saturated heterocycles. The molecule has 1 atom stereocenters. The Morgan fingerprint density at radius 3 is 3.07 bits per heavy atom. The van der Waals surface area contributed by atoms with E-state index in [4.69, 9.17) is 4.52 Å². The zero-order valence-electron chi connectivity index (χ0n) is 8.64. The van der Waals surface area contributed by atoms with Crippen molar-refractivity contribution in [1.29, 1.82) is 0 Å². The molecular formula is C10H14N2O3. The number of amides is 1. The summed E-state index contributed by atoms with van der Waals surface area (Å²) in [7, 11) is 0. The average molecular weight is 210 g/mol. The van der Waals surface area contributed by atoms with Gasteiger partial charge in [0.05, 0.1) is 6.20 Å². The number of hydrogen-bond donors (Lipinski definition) is 1. The normalized spacial score (nSPS) is 21.7. The molecule has 1 aromatic heterocycles. The summed E-state index contributed by atoms with van der Waals surface area (Å²) in [5.74, 6) is 0.304. The van der Waals surface area contributed by atoms with E-state index in [2.05, 4.69) is 5.16 Å². The minimum Gasteiger partial charge on any atom is -0.374 e. The number of nitrogens with zero attached hydrogens (tertiary/aromatic N) is 2. The number of piperidine rings is 1. The predicted octanol–water partition coefficient (Wildman–Crippen LogP) is 0.928. The van der Waals surface area contributed by atoms with Gasteiger partial charge in [-0.3, -0.25) is 4.79 Å². The minimum atomic E-state index is -0.666. The van der Waals surface area contributed by atoms with Gasteiger partial charge < -0.3 is 14.5 Å². The van der Waals surface area contributed by atoms with Crippen molar-refractivity contribution in [3.8, 4) is 0 Å². The predicted molar refractivity (Wildman–Crippen MR) is 52.1 cm³/mol. The van der Waals surface area contributed by atoms with Crippen LogP contribution in [0.25, 0.3) is 0 Å². The van der Waals surface area contributed by atoms with E-state index in [0.717, 1.165) is 12.8 Å². The van der Waals surface area contributed by atoms with Gasteiger partial charge in [0, 0.05) is 6.54 Å². The Bertz CT molecular complexity index is 361. The van der Waals surface area contributed by atoms with Crippen molar-refractivity contribution < 1.29 is 14.4 Å². The van der Waals surface area contributed by atoms with Crippen molar-refractivity contribution in [2.24, 2.45) is 0 Å². The molecule has 1 aliphatic heterocycles. The second-order valence-electron chi connectivity index (χ2n) is 3.77. The lowest BCUT2D eigenvalue weighted by Crippen LogP contribution is -2.43. The Morgan fingerprint density at radius 2 is 2.47 bits per heavy atom. The Kier molecular flexibility index (Phi) is 2.73. The van der Waals surface area contributed by atoms with Crippen LogP contribution in [0.4, 0.5) is 0 Å². The smallest absolute Gasteiger partial charge is 0.261 e. The largest absolute Gasteiger partial charge is 0.374 e. The van der Waals surface area contributed by atoms with Crippen LogP contribution in [0.15, 0.2) is 10.7 Å². The minimum absolute atomic E-state index is 0.194.